The number of urea groups is 1. The van der Waals surface area contributed by atoms with Gasteiger partial charge in [-0.15, -0.1) is 0 Å². The first-order chi connectivity index (χ1) is 12.1. The van der Waals surface area contributed by atoms with Crippen molar-refractivity contribution < 1.29 is 4.79 Å². The van der Waals surface area contributed by atoms with Gasteiger partial charge >= 0.3 is 6.03 Å². The number of imidazole rings is 1. The van der Waals surface area contributed by atoms with Gasteiger partial charge in [0.1, 0.15) is 0 Å². The zero-order chi connectivity index (χ0) is 18.1. The largest absolute Gasteiger partial charge is 0.338 e. The lowest BCUT2D eigenvalue weighted by molar-refractivity contribution is 0.235. The normalized spacial score (nSPS) is 13.2. The first kappa shape index (κ1) is 19.0. The minimum Gasteiger partial charge on any atom is -0.338 e. The number of nitrogens with one attached hydrogen (secondary N) is 2. The molecule has 0 aliphatic heterocycles. The molecule has 1 aromatic carbocycles. The molecule has 2 amide bonds. The Labute approximate surface area is 150 Å². The van der Waals surface area contributed by atoms with Gasteiger partial charge in [-0.25, -0.2) is 9.78 Å². The topological polar surface area (TPSA) is 59.0 Å². The monoisotopic (exact) mass is 342 g/mol. The van der Waals surface area contributed by atoms with E-state index in [2.05, 4.69) is 29.5 Å². The summed E-state index contributed by atoms with van der Waals surface area (Å²) in [7, 11) is 0. The highest BCUT2D eigenvalue weighted by Crippen LogP contribution is 2.16. The average Bonchev–Trinajstić information content (AvgIpc) is 3.16. The molecule has 0 fully saturated rings. The second-order valence-electron chi connectivity index (χ2n) is 6.55. The van der Waals surface area contributed by atoms with Crippen molar-refractivity contribution >= 4 is 6.03 Å². The molecule has 2 unspecified atom stereocenters. The maximum absolute atomic E-state index is 12.1. The summed E-state index contributed by atoms with van der Waals surface area (Å²) in [5, 5.41) is 6.03. The van der Waals surface area contributed by atoms with Crippen molar-refractivity contribution in [3.8, 4) is 5.69 Å². The van der Waals surface area contributed by atoms with Crippen LogP contribution in [0.25, 0.3) is 5.69 Å². The fourth-order valence-corrected chi connectivity index (χ4v) is 2.86. The van der Waals surface area contributed by atoms with Gasteiger partial charge in [0.25, 0.3) is 0 Å². The van der Waals surface area contributed by atoms with Crippen molar-refractivity contribution in [3.05, 3.63) is 48.5 Å². The van der Waals surface area contributed by atoms with Crippen LogP contribution in [0.5, 0.6) is 0 Å². The second kappa shape index (κ2) is 9.87. The third-order valence-electron chi connectivity index (χ3n) is 4.64. The Bertz CT molecular complexity index is 622. The Morgan fingerprint density at radius 1 is 1.24 bits per heavy atom. The molecule has 0 spiro atoms. The zero-order valence-corrected chi connectivity index (χ0v) is 15.5. The van der Waals surface area contributed by atoms with Crippen molar-refractivity contribution in [1.82, 2.24) is 20.2 Å². The summed E-state index contributed by atoms with van der Waals surface area (Å²) in [6.45, 7) is 7.13. The van der Waals surface area contributed by atoms with Gasteiger partial charge in [0, 0.05) is 24.6 Å². The van der Waals surface area contributed by atoms with Crippen LogP contribution in [0.4, 0.5) is 4.79 Å². The van der Waals surface area contributed by atoms with E-state index in [-0.39, 0.29) is 12.1 Å². The summed E-state index contributed by atoms with van der Waals surface area (Å²) in [4.78, 5) is 16.2. The molecular weight excluding hydrogens is 312 g/mol. The highest BCUT2D eigenvalue weighted by molar-refractivity contribution is 5.74. The van der Waals surface area contributed by atoms with Crippen LogP contribution in [-0.2, 0) is 0 Å². The summed E-state index contributed by atoms with van der Waals surface area (Å²) in [5.74, 6) is 0.565. The van der Waals surface area contributed by atoms with Gasteiger partial charge in [-0.05, 0) is 37.0 Å². The maximum Gasteiger partial charge on any atom is 0.315 e. The van der Waals surface area contributed by atoms with Crippen molar-refractivity contribution in [2.45, 2.75) is 52.5 Å². The molecule has 5 heteroatoms. The minimum atomic E-state index is -0.0962. The second-order valence-corrected chi connectivity index (χ2v) is 6.55. The van der Waals surface area contributed by atoms with E-state index in [4.69, 9.17) is 0 Å². The number of carbonyl (C=O) groups is 1. The molecule has 5 nitrogen and oxygen atoms in total. The number of hydrogen-bond donors (Lipinski definition) is 2. The lowest BCUT2D eigenvalue weighted by atomic mass is 9.99. The van der Waals surface area contributed by atoms with Crippen LogP contribution in [0.1, 0.15) is 58.1 Å². The van der Waals surface area contributed by atoms with E-state index < -0.39 is 0 Å². The number of nitrogens with zero attached hydrogens (tertiary/aromatic N) is 2. The number of aromatic nitrogens is 2. The first-order valence-corrected chi connectivity index (χ1v) is 9.26. The standard InChI is InChI=1S/C20H30N4O/c1-4-6-7-17(5-2)14-22-20(25)23-16(3)18-8-10-19(11-9-18)24-13-12-21-15-24/h8-13,15-17H,4-7,14H2,1-3H3,(H2,22,23,25). The molecule has 2 rings (SSSR count). The van der Waals surface area contributed by atoms with Crippen molar-refractivity contribution in [1.29, 1.82) is 0 Å². The molecule has 1 heterocycles. The lowest BCUT2D eigenvalue weighted by Gasteiger charge is -2.18. The molecule has 0 saturated heterocycles. The van der Waals surface area contributed by atoms with Gasteiger partial charge in [-0.2, -0.15) is 0 Å². The number of carbonyl (C=O) groups excluding carboxylic acids is 1. The molecule has 0 bridgehead atoms. The van der Waals surface area contributed by atoms with Gasteiger partial charge in [0.2, 0.25) is 0 Å². The number of rotatable bonds is 9. The van der Waals surface area contributed by atoms with Crippen LogP contribution in [0, 0.1) is 5.92 Å². The van der Waals surface area contributed by atoms with E-state index >= 15 is 0 Å². The molecule has 136 valence electrons. The molecule has 25 heavy (non-hydrogen) atoms. The SMILES string of the molecule is CCCCC(CC)CNC(=O)NC(C)c1ccc(-n2ccnc2)cc1. The fraction of sp³-hybridized carbons (Fsp3) is 0.500. The maximum atomic E-state index is 12.1. The van der Waals surface area contributed by atoms with Crippen LogP contribution in [0.2, 0.25) is 0 Å². The third-order valence-corrected chi connectivity index (χ3v) is 4.64. The Balaban J connectivity index is 1.82. The molecule has 0 aliphatic carbocycles. The van der Waals surface area contributed by atoms with Crippen molar-refractivity contribution in [2.75, 3.05) is 6.54 Å². The quantitative estimate of drug-likeness (QED) is 0.707. The molecule has 0 saturated carbocycles. The summed E-state index contributed by atoms with van der Waals surface area (Å²) >= 11 is 0. The van der Waals surface area contributed by atoms with Crippen molar-refractivity contribution in [2.24, 2.45) is 5.92 Å². The number of amides is 2. The van der Waals surface area contributed by atoms with Crippen LogP contribution in [0.15, 0.2) is 43.0 Å². The molecule has 2 atom stereocenters. The smallest absolute Gasteiger partial charge is 0.315 e. The number of unbranched alkanes of at least 4 members (excludes halogenated alkanes) is 1. The molecule has 1 aromatic heterocycles. The van der Waals surface area contributed by atoms with Gasteiger partial charge in [-0.1, -0.05) is 45.2 Å². The number of benzene rings is 1. The van der Waals surface area contributed by atoms with Gasteiger partial charge < -0.3 is 15.2 Å². The van der Waals surface area contributed by atoms with Crippen LogP contribution >= 0.6 is 0 Å². The first-order valence-electron chi connectivity index (χ1n) is 9.26. The zero-order valence-electron chi connectivity index (χ0n) is 15.5. The fourth-order valence-electron chi connectivity index (χ4n) is 2.86. The molecule has 2 aromatic rings. The Morgan fingerprint density at radius 3 is 2.60 bits per heavy atom. The predicted molar refractivity (Wildman–Crippen MR) is 102 cm³/mol. The Hall–Kier alpha value is -2.30. The molecular formula is C20H30N4O. The summed E-state index contributed by atoms with van der Waals surface area (Å²) in [6.07, 6.45) is 10.1. The van der Waals surface area contributed by atoms with Crippen LogP contribution in [-0.4, -0.2) is 22.1 Å². The van der Waals surface area contributed by atoms with E-state index in [0.717, 1.165) is 24.2 Å². The highest BCUT2D eigenvalue weighted by Gasteiger charge is 2.12. The highest BCUT2D eigenvalue weighted by atomic mass is 16.2. The van der Waals surface area contributed by atoms with E-state index in [1.807, 2.05) is 42.0 Å². The molecule has 2 N–H and O–H groups in total. The third kappa shape index (κ3) is 5.93. The predicted octanol–water partition coefficient (Wildman–Crippen LogP) is 4.45. The summed E-state index contributed by atoms with van der Waals surface area (Å²) in [5.41, 5.74) is 2.14. The minimum absolute atomic E-state index is 0.0347. The number of hydrogen-bond acceptors (Lipinski definition) is 2. The van der Waals surface area contributed by atoms with E-state index in [0.29, 0.717) is 5.92 Å². The average molecular weight is 342 g/mol. The summed E-state index contributed by atoms with van der Waals surface area (Å²) < 4.78 is 1.95. The van der Waals surface area contributed by atoms with E-state index in [1.165, 1.54) is 19.3 Å². The van der Waals surface area contributed by atoms with Crippen LogP contribution in [0.3, 0.4) is 0 Å². The van der Waals surface area contributed by atoms with Gasteiger partial charge in [0.05, 0.1) is 12.4 Å². The van der Waals surface area contributed by atoms with Gasteiger partial charge in [-0.3, -0.25) is 0 Å². The van der Waals surface area contributed by atoms with Crippen molar-refractivity contribution in [3.63, 3.8) is 0 Å². The lowest BCUT2D eigenvalue weighted by Crippen LogP contribution is -2.39. The Morgan fingerprint density at radius 2 is 2.00 bits per heavy atom. The molecule has 0 aliphatic rings. The molecule has 0 radical (unpaired) electrons. The van der Waals surface area contributed by atoms with Crippen LogP contribution < -0.4 is 10.6 Å². The van der Waals surface area contributed by atoms with E-state index in [1.54, 1.807) is 12.5 Å². The van der Waals surface area contributed by atoms with Gasteiger partial charge in [0.15, 0.2) is 0 Å². The van der Waals surface area contributed by atoms with E-state index in [9.17, 15) is 4.79 Å². The summed E-state index contributed by atoms with van der Waals surface area (Å²) in [6, 6.07) is 8.01. The Kier molecular flexibility index (Phi) is 7.51.